The van der Waals surface area contributed by atoms with E-state index in [4.69, 9.17) is 0 Å². The summed E-state index contributed by atoms with van der Waals surface area (Å²) in [5.41, 5.74) is 2.71. The molecule has 0 saturated heterocycles. The predicted octanol–water partition coefficient (Wildman–Crippen LogP) is 4.90. The first kappa shape index (κ1) is 23.5. The summed E-state index contributed by atoms with van der Waals surface area (Å²) in [6.07, 6.45) is 1.48. The fourth-order valence-electron chi connectivity index (χ4n) is 2.78. The number of benzene rings is 3. The SMILES string of the molecule is CC[C@H](O)c1ccc(F)cc1.O=CCC(Nc1ccc(P)cc1)c1ccc(O)cc1. The number of aliphatic hydroxyl groups excluding tert-OH is 1. The third-order valence-corrected chi connectivity index (χ3v) is 4.91. The lowest BCUT2D eigenvalue weighted by molar-refractivity contribution is -0.108. The molecule has 0 fully saturated rings. The molecule has 0 aliphatic carbocycles. The second-order valence-corrected chi connectivity index (χ2v) is 7.46. The van der Waals surface area contributed by atoms with E-state index in [-0.39, 0.29) is 17.6 Å². The van der Waals surface area contributed by atoms with Gasteiger partial charge in [0.25, 0.3) is 0 Å². The van der Waals surface area contributed by atoms with Crippen molar-refractivity contribution < 1.29 is 19.4 Å². The van der Waals surface area contributed by atoms with Gasteiger partial charge in [-0.25, -0.2) is 4.39 Å². The van der Waals surface area contributed by atoms with Crippen molar-refractivity contribution in [1.82, 2.24) is 0 Å². The smallest absolute Gasteiger partial charge is 0.123 e. The number of aliphatic hydroxyl groups is 1. The Kier molecular flexibility index (Phi) is 9.46. The van der Waals surface area contributed by atoms with Gasteiger partial charge >= 0.3 is 0 Å². The fraction of sp³-hybridized carbons (Fsp3) is 0.208. The van der Waals surface area contributed by atoms with Crippen LogP contribution in [0.5, 0.6) is 5.75 Å². The summed E-state index contributed by atoms with van der Waals surface area (Å²) >= 11 is 0. The monoisotopic (exact) mass is 427 g/mol. The van der Waals surface area contributed by atoms with Gasteiger partial charge in [-0.15, -0.1) is 9.24 Å². The maximum absolute atomic E-state index is 12.4. The van der Waals surface area contributed by atoms with Crippen molar-refractivity contribution in [2.45, 2.75) is 31.9 Å². The Morgan fingerprint density at radius 1 is 0.967 bits per heavy atom. The molecule has 0 aliphatic rings. The minimum absolute atomic E-state index is 0.0894. The number of hydrogen-bond donors (Lipinski definition) is 3. The van der Waals surface area contributed by atoms with Gasteiger partial charge in [-0.05, 0) is 59.3 Å². The number of halogens is 1. The summed E-state index contributed by atoms with van der Waals surface area (Å²) in [5, 5.41) is 23.0. The van der Waals surface area contributed by atoms with Gasteiger partial charge in [0, 0.05) is 12.1 Å². The number of aromatic hydroxyl groups is 1. The maximum atomic E-state index is 12.4. The highest BCUT2D eigenvalue weighted by Crippen LogP contribution is 2.23. The number of hydrogen-bond acceptors (Lipinski definition) is 4. The van der Waals surface area contributed by atoms with Crippen molar-refractivity contribution in [3.8, 4) is 5.75 Å². The van der Waals surface area contributed by atoms with Gasteiger partial charge in [0.1, 0.15) is 17.9 Å². The number of rotatable bonds is 7. The summed E-state index contributed by atoms with van der Waals surface area (Å²) in [4.78, 5) is 10.8. The second kappa shape index (κ2) is 12.1. The zero-order valence-electron chi connectivity index (χ0n) is 16.8. The van der Waals surface area contributed by atoms with Gasteiger partial charge in [0.05, 0.1) is 12.1 Å². The third kappa shape index (κ3) is 7.58. The van der Waals surface area contributed by atoms with Crippen molar-refractivity contribution in [2.75, 3.05) is 5.32 Å². The quantitative estimate of drug-likeness (QED) is 0.370. The van der Waals surface area contributed by atoms with Crippen LogP contribution in [0.25, 0.3) is 0 Å². The maximum Gasteiger partial charge on any atom is 0.123 e. The van der Waals surface area contributed by atoms with Crippen LogP contribution in [0.2, 0.25) is 0 Å². The molecule has 0 amide bonds. The summed E-state index contributed by atoms with van der Waals surface area (Å²) in [6.45, 7) is 1.88. The van der Waals surface area contributed by atoms with Crippen LogP contribution in [-0.4, -0.2) is 16.5 Å². The number of aldehydes is 1. The third-order valence-electron chi connectivity index (χ3n) is 4.52. The van der Waals surface area contributed by atoms with E-state index in [0.29, 0.717) is 12.8 Å². The molecule has 3 aromatic rings. The molecule has 3 aromatic carbocycles. The average Bonchev–Trinajstić information content (AvgIpc) is 2.76. The van der Waals surface area contributed by atoms with Crippen LogP contribution in [0.3, 0.4) is 0 Å². The van der Waals surface area contributed by atoms with E-state index in [0.717, 1.165) is 28.4 Å². The first-order chi connectivity index (χ1) is 14.4. The fourth-order valence-corrected chi connectivity index (χ4v) is 2.97. The molecule has 6 heteroatoms. The Balaban J connectivity index is 0.000000248. The van der Waals surface area contributed by atoms with Crippen LogP contribution in [0.15, 0.2) is 72.8 Å². The van der Waals surface area contributed by atoms with E-state index < -0.39 is 6.10 Å². The molecule has 2 unspecified atom stereocenters. The van der Waals surface area contributed by atoms with Crippen molar-refractivity contribution in [3.63, 3.8) is 0 Å². The van der Waals surface area contributed by atoms with Crippen molar-refractivity contribution in [2.24, 2.45) is 0 Å². The van der Waals surface area contributed by atoms with Crippen LogP contribution in [0.1, 0.15) is 43.0 Å². The Morgan fingerprint density at radius 3 is 2.07 bits per heavy atom. The predicted molar refractivity (Wildman–Crippen MR) is 123 cm³/mol. The molecule has 0 aliphatic heterocycles. The minimum atomic E-state index is -0.462. The molecule has 0 aromatic heterocycles. The zero-order valence-corrected chi connectivity index (χ0v) is 18.0. The van der Waals surface area contributed by atoms with Gasteiger partial charge in [-0.3, -0.25) is 0 Å². The summed E-state index contributed by atoms with van der Waals surface area (Å²) in [7, 11) is 2.63. The van der Waals surface area contributed by atoms with Gasteiger partial charge in [-0.1, -0.05) is 43.3 Å². The molecule has 0 spiro atoms. The standard InChI is InChI=1S/C15H16NO2P.C9H11FO/c17-10-9-15(11-1-5-13(18)6-2-11)16-12-3-7-14(19)8-4-12;1-2-9(11)7-3-5-8(10)6-4-7/h1-8,10,15-16,18H,9,19H2;3-6,9,11H,2H2,1H3/t;9-/m.0/s1. The van der Waals surface area contributed by atoms with Gasteiger partial charge < -0.3 is 20.3 Å². The highest BCUT2D eigenvalue weighted by Gasteiger charge is 2.10. The zero-order chi connectivity index (χ0) is 21.9. The van der Waals surface area contributed by atoms with Gasteiger partial charge in [0.15, 0.2) is 0 Å². The van der Waals surface area contributed by atoms with Crippen LogP contribution in [0.4, 0.5) is 10.1 Å². The number of carbonyl (C=O) groups excluding carboxylic acids is 1. The molecular formula is C24H27FNO3P. The Bertz CT molecular complexity index is 899. The Labute approximate surface area is 179 Å². The van der Waals surface area contributed by atoms with E-state index in [9.17, 15) is 19.4 Å². The van der Waals surface area contributed by atoms with Crippen LogP contribution in [-0.2, 0) is 4.79 Å². The molecule has 158 valence electrons. The molecule has 3 rings (SSSR count). The molecule has 0 saturated carbocycles. The number of phenolic OH excluding ortho intramolecular Hbond substituents is 1. The minimum Gasteiger partial charge on any atom is -0.508 e. The number of anilines is 1. The second-order valence-electron chi connectivity index (χ2n) is 6.79. The number of nitrogens with one attached hydrogen (secondary N) is 1. The normalized spacial score (nSPS) is 12.3. The highest BCUT2D eigenvalue weighted by atomic mass is 31.0. The number of carbonyl (C=O) groups is 1. The first-order valence-electron chi connectivity index (χ1n) is 9.71. The first-order valence-corrected chi connectivity index (χ1v) is 10.3. The molecule has 0 bridgehead atoms. The van der Waals surface area contributed by atoms with E-state index in [2.05, 4.69) is 14.6 Å². The van der Waals surface area contributed by atoms with Crippen molar-refractivity contribution in [3.05, 3.63) is 89.7 Å². The number of phenols is 1. The molecular weight excluding hydrogens is 400 g/mol. The largest absolute Gasteiger partial charge is 0.508 e. The van der Waals surface area contributed by atoms with Crippen LogP contribution in [0, 0.1) is 5.82 Å². The summed E-state index contributed by atoms with van der Waals surface area (Å²) < 4.78 is 12.4. The van der Waals surface area contributed by atoms with E-state index in [1.165, 1.54) is 12.1 Å². The molecule has 4 nitrogen and oxygen atoms in total. The molecule has 3 atom stereocenters. The van der Waals surface area contributed by atoms with E-state index in [1.807, 2.05) is 43.3 Å². The molecule has 30 heavy (non-hydrogen) atoms. The van der Waals surface area contributed by atoms with Crippen LogP contribution >= 0.6 is 9.24 Å². The topological polar surface area (TPSA) is 69.6 Å². The lowest BCUT2D eigenvalue weighted by Gasteiger charge is -2.18. The Hall–Kier alpha value is -2.75. The van der Waals surface area contributed by atoms with Gasteiger partial charge in [0.2, 0.25) is 0 Å². The van der Waals surface area contributed by atoms with Crippen molar-refractivity contribution in [1.29, 1.82) is 0 Å². The lowest BCUT2D eigenvalue weighted by atomic mass is 10.0. The van der Waals surface area contributed by atoms with E-state index in [1.54, 1.807) is 24.3 Å². The lowest BCUT2D eigenvalue weighted by Crippen LogP contribution is -2.11. The average molecular weight is 427 g/mol. The Morgan fingerprint density at radius 2 is 1.53 bits per heavy atom. The van der Waals surface area contributed by atoms with Crippen molar-refractivity contribution >= 4 is 26.5 Å². The molecule has 0 heterocycles. The van der Waals surface area contributed by atoms with Gasteiger partial charge in [-0.2, -0.15) is 0 Å². The summed E-state index contributed by atoms with van der Waals surface area (Å²) in [5.74, 6) is -0.0435. The molecule has 3 N–H and O–H groups in total. The molecule has 0 radical (unpaired) electrons. The highest BCUT2D eigenvalue weighted by molar-refractivity contribution is 7.27. The summed E-state index contributed by atoms with van der Waals surface area (Å²) in [6, 6.07) is 20.6. The van der Waals surface area contributed by atoms with E-state index >= 15 is 0 Å². The van der Waals surface area contributed by atoms with Crippen LogP contribution < -0.4 is 10.6 Å².